The molecule has 0 saturated heterocycles. The van der Waals surface area contributed by atoms with E-state index in [-0.39, 0.29) is 0 Å². The standard InChI is InChI=1S/C7H5BrN2S/c1-5-2-3-6(9-4-11)7(8)10-5/h2-3H,1H3. The van der Waals surface area contributed by atoms with Gasteiger partial charge >= 0.3 is 0 Å². The van der Waals surface area contributed by atoms with Gasteiger partial charge < -0.3 is 0 Å². The summed E-state index contributed by atoms with van der Waals surface area (Å²) in [5.41, 5.74) is 1.66. The summed E-state index contributed by atoms with van der Waals surface area (Å²) in [5, 5.41) is 2.28. The van der Waals surface area contributed by atoms with E-state index >= 15 is 0 Å². The number of pyridine rings is 1. The van der Waals surface area contributed by atoms with E-state index in [0.29, 0.717) is 10.3 Å². The molecule has 0 aliphatic carbocycles. The molecule has 0 aliphatic heterocycles. The molecule has 0 radical (unpaired) electrons. The number of isothiocyanates is 1. The molecule has 2 nitrogen and oxygen atoms in total. The monoisotopic (exact) mass is 228 g/mol. The van der Waals surface area contributed by atoms with Crippen LogP contribution in [0.5, 0.6) is 0 Å². The Kier molecular flexibility index (Phi) is 2.88. The van der Waals surface area contributed by atoms with Crippen LogP contribution in [0, 0.1) is 6.92 Å². The third kappa shape index (κ3) is 2.19. The number of thiocarbonyl (C=S) groups is 1. The molecular weight excluding hydrogens is 224 g/mol. The summed E-state index contributed by atoms with van der Waals surface area (Å²) in [6, 6.07) is 3.71. The fourth-order valence-electron chi connectivity index (χ4n) is 0.650. The molecule has 0 bridgehead atoms. The second-order valence-corrected chi connectivity index (χ2v) is 2.90. The fourth-order valence-corrected chi connectivity index (χ4v) is 1.25. The Bertz CT molecular complexity index is 318. The Morgan fingerprint density at radius 2 is 2.36 bits per heavy atom. The van der Waals surface area contributed by atoms with Crippen LogP contribution in [-0.4, -0.2) is 10.1 Å². The van der Waals surface area contributed by atoms with Gasteiger partial charge in [-0.15, -0.1) is 0 Å². The smallest absolute Gasteiger partial charge is 0.132 e. The van der Waals surface area contributed by atoms with E-state index in [2.05, 4.69) is 43.3 Å². The normalized spacial score (nSPS) is 8.91. The highest BCUT2D eigenvalue weighted by Gasteiger charge is 1.97. The first-order valence-corrected chi connectivity index (χ1v) is 4.15. The molecule has 1 aromatic rings. The van der Waals surface area contributed by atoms with Gasteiger partial charge in [-0.2, -0.15) is 4.99 Å². The topological polar surface area (TPSA) is 25.2 Å². The van der Waals surface area contributed by atoms with Crippen LogP contribution in [0.15, 0.2) is 21.7 Å². The number of aromatic nitrogens is 1. The molecule has 0 saturated carbocycles. The zero-order valence-electron chi connectivity index (χ0n) is 5.84. The minimum atomic E-state index is 0.704. The molecule has 0 unspecified atom stereocenters. The van der Waals surface area contributed by atoms with Crippen LogP contribution >= 0.6 is 28.1 Å². The van der Waals surface area contributed by atoms with Crippen molar-refractivity contribution >= 4 is 39.0 Å². The number of nitrogens with zero attached hydrogens (tertiary/aromatic N) is 2. The molecule has 1 rings (SSSR count). The number of aliphatic imine (C=N–C) groups is 1. The maximum Gasteiger partial charge on any atom is 0.132 e. The van der Waals surface area contributed by atoms with Crippen molar-refractivity contribution < 1.29 is 0 Å². The van der Waals surface area contributed by atoms with Crippen molar-refractivity contribution in [2.75, 3.05) is 0 Å². The quantitative estimate of drug-likeness (QED) is 0.420. The first-order valence-electron chi connectivity index (χ1n) is 2.95. The van der Waals surface area contributed by atoms with Gasteiger partial charge in [0.2, 0.25) is 0 Å². The van der Waals surface area contributed by atoms with Crippen LogP contribution in [0.4, 0.5) is 5.69 Å². The molecule has 0 aliphatic rings. The minimum Gasteiger partial charge on any atom is -0.244 e. The summed E-state index contributed by atoms with van der Waals surface area (Å²) >= 11 is 7.72. The lowest BCUT2D eigenvalue weighted by molar-refractivity contribution is 1.16. The molecule has 11 heavy (non-hydrogen) atoms. The zero-order valence-corrected chi connectivity index (χ0v) is 8.24. The molecule has 0 fully saturated rings. The molecular formula is C7H5BrN2S. The SMILES string of the molecule is Cc1ccc(N=C=S)c(Br)n1. The van der Waals surface area contributed by atoms with E-state index in [9.17, 15) is 0 Å². The second-order valence-electron chi connectivity index (χ2n) is 1.97. The molecule has 1 aromatic heterocycles. The molecule has 1 heterocycles. The first kappa shape index (κ1) is 8.53. The highest BCUT2D eigenvalue weighted by atomic mass is 79.9. The van der Waals surface area contributed by atoms with Gasteiger partial charge in [0.15, 0.2) is 0 Å². The Labute approximate surface area is 78.5 Å². The van der Waals surface area contributed by atoms with Gasteiger partial charge in [-0.25, -0.2) is 4.98 Å². The lowest BCUT2D eigenvalue weighted by atomic mass is 10.3. The number of hydrogen-bond acceptors (Lipinski definition) is 3. The van der Waals surface area contributed by atoms with E-state index < -0.39 is 0 Å². The van der Waals surface area contributed by atoms with Crippen molar-refractivity contribution in [1.29, 1.82) is 0 Å². The third-order valence-corrected chi connectivity index (χ3v) is 1.81. The van der Waals surface area contributed by atoms with Crippen molar-refractivity contribution in [2.45, 2.75) is 6.92 Å². The predicted octanol–water partition coefficient (Wildman–Crippen LogP) is 2.89. The fraction of sp³-hybridized carbons (Fsp3) is 0.143. The van der Waals surface area contributed by atoms with Gasteiger partial charge in [0.05, 0.1) is 5.16 Å². The van der Waals surface area contributed by atoms with E-state index in [1.165, 1.54) is 0 Å². The van der Waals surface area contributed by atoms with Gasteiger partial charge in [-0.1, -0.05) is 0 Å². The lowest BCUT2D eigenvalue weighted by Gasteiger charge is -1.95. The number of aryl methyl sites for hydroxylation is 1. The van der Waals surface area contributed by atoms with E-state index in [0.717, 1.165) is 5.69 Å². The lowest BCUT2D eigenvalue weighted by Crippen LogP contribution is -1.80. The Morgan fingerprint density at radius 1 is 1.64 bits per heavy atom. The maximum absolute atomic E-state index is 4.46. The van der Waals surface area contributed by atoms with Gasteiger partial charge in [0, 0.05) is 5.69 Å². The van der Waals surface area contributed by atoms with E-state index in [1.54, 1.807) is 0 Å². The second kappa shape index (κ2) is 3.72. The summed E-state index contributed by atoms with van der Waals surface area (Å²) in [6.07, 6.45) is 0. The van der Waals surface area contributed by atoms with Crippen LogP contribution in [0.3, 0.4) is 0 Å². The predicted molar refractivity (Wildman–Crippen MR) is 51.4 cm³/mol. The van der Waals surface area contributed by atoms with E-state index in [4.69, 9.17) is 0 Å². The molecule has 0 atom stereocenters. The van der Waals surface area contributed by atoms with Crippen molar-refractivity contribution in [3.8, 4) is 0 Å². The summed E-state index contributed by atoms with van der Waals surface area (Å²) < 4.78 is 0.704. The van der Waals surface area contributed by atoms with Crippen molar-refractivity contribution in [2.24, 2.45) is 4.99 Å². The zero-order chi connectivity index (χ0) is 8.27. The number of rotatable bonds is 1. The summed E-state index contributed by atoms with van der Waals surface area (Å²) in [7, 11) is 0. The Balaban J connectivity index is 3.19. The average molecular weight is 229 g/mol. The maximum atomic E-state index is 4.46. The van der Waals surface area contributed by atoms with Gasteiger partial charge in [0.1, 0.15) is 10.3 Å². The average Bonchev–Trinajstić information content (AvgIpc) is 1.95. The van der Waals surface area contributed by atoms with Gasteiger partial charge in [-0.3, -0.25) is 0 Å². The van der Waals surface area contributed by atoms with Gasteiger partial charge in [0.25, 0.3) is 0 Å². The molecule has 0 spiro atoms. The molecule has 4 heteroatoms. The van der Waals surface area contributed by atoms with Crippen LogP contribution < -0.4 is 0 Å². The van der Waals surface area contributed by atoms with Crippen LogP contribution in [-0.2, 0) is 0 Å². The molecule has 56 valence electrons. The third-order valence-electron chi connectivity index (χ3n) is 1.13. The number of halogens is 1. The summed E-state index contributed by atoms with van der Waals surface area (Å²) in [6.45, 7) is 1.91. The van der Waals surface area contributed by atoms with Crippen LogP contribution in [0.1, 0.15) is 5.69 Å². The Morgan fingerprint density at radius 3 is 2.91 bits per heavy atom. The summed E-state index contributed by atoms with van der Waals surface area (Å²) in [4.78, 5) is 7.93. The summed E-state index contributed by atoms with van der Waals surface area (Å²) in [5.74, 6) is 0. The first-order chi connectivity index (χ1) is 5.24. The molecule has 0 N–H and O–H groups in total. The van der Waals surface area contributed by atoms with Gasteiger partial charge in [-0.05, 0) is 47.2 Å². The highest BCUT2D eigenvalue weighted by molar-refractivity contribution is 9.10. The van der Waals surface area contributed by atoms with Crippen LogP contribution in [0.25, 0.3) is 0 Å². The van der Waals surface area contributed by atoms with Crippen molar-refractivity contribution in [1.82, 2.24) is 4.98 Å². The Hall–Kier alpha value is -0.570. The number of hydrogen-bond donors (Lipinski definition) is 0. The minimum absolute atomic E-state index is 0.704. The molecule has 0 amide bonds. The highest BCUT2D eigenvalue weighted by Crippen LogP contribution is 2.22. The van der Waals surface area contributed by atoms with Crippen molar-refractivity contribution in [3.63, 3.8) is 0 Å². The van der Waals surface area contributed by atoms with Crippen molar-refractivity contribution in [3.05, 3.63) is 22.4 Å². The largest absolute Gasteiger partial charge is 0.244 e. The van der Waals surface area contributed by atoms with E-state index in [1.807, 2.05) is 19.1 Å². The molecule has 0 aromatic carbocycles. The van der Waals surface area contributed by atoms with Crippen LogP contribution in [0.2, 0.25) is 0 Å².